The lowest BCUT2D eigenvalue weighted by Crippen LogP contribution is -2.47. The van der Waals surface area contributed by atoms with Gasteiger partial charge in [0.05, 0.1) is 22.2 Å². The van der Waals surface area contributed by atoms with Gasteiger partial charge in [0.25, 0.3) is 0 Å². The van der Waals surface area contributed by atoms with Gasteiger partial charge >= 0.3 is 6.29 Å². The van der Waals surface area contributed by atoms with Crippen LogP contribution in [-0.2, 0) is 9.53 Å². The van der Waals surface area contributed by atoms with Crippen LogP contribution in [-0.4, -0.2) is 44.0 Å². The van der Waals surface area contributed by atoms with Gasteiger partial charge in [0.2, 0.25) is 5.91 Å². The van der Waals surface area contributed by atoms with E-state index in [2.05, 4.69) is 25.1 Å². The molecule has 0 aliphatic carbocycles. The highest BCUT2D eigenvalue weighted by molar-refractivity contribution is 7.22. The maximum atomic E-state index is 13.1. The Bertz CT molecular complexity index is 807. The Kier molecular flexibility index (Phi) is 5.44. The fraction of sp³-hybridized carbons (Fsp3) is 0.500. The molecule has 2 aromatic rings. The standard InChI is InChI=1S/C16H17F2N3O4S.ClH/c1-23-8-15(2-4-19-5-3-15)13(22)21-14-20-9-6-10-11(7-12(9)26-14)25-16(17,18)24-10;/h6-7,19H,2-5,8H2,1H3,(H,20,21,22);1H. The average molecular weight is 422 g/mol. The fourth-order valence-corrected chi connectivity index (χ4v) is 4.15. The first-order chi connectivity index (χ1) is 12.4. The molecule has 0 bridgehead atoms. The first kappa shape index (κ1) is 20.0. The van der Waals surface area contributed by atoms with Gasteiger partial charge in [-0.05, 0) is 25.9 Å². The van der Waals surface area contributed by atoms with E-state index >= 15 is 0 Å². The minimum Gasteiger partial charge on any atom is -0.395 e. The molecule has 2 N–H and O–H groups in total. The molecule has 2 aliphatic rings. The zero-order chi connectivity index (χ0) is 18.4. The predicted octanol–water partition coefficient (Wildman–Crippen LogP) is 2.99. The molecule has 3 heterocycles. The van der Waals surface area contributed by atoms with Crippen molar-refractivity contribution in [3.63, 3.8) is 0 Å². The Morgan fingerprint density at radius 3 is 2.67 bits per heavy atom. The zero-order valence-electron chi connectivity index (χ0n) is 14.3. The van der Waals surface area contributed by atoms with Crippen molar-refractivity contribution >= 4 is 45.0 Å². The van der Waals surface area contributed by atoms with Crippen LogP contribution in [0.5, 0.6) is 11.5 Å². The predicted molar refractivity (Wildman–Crippen MR) is 98.1 cm³/mol. The second-order valence-electron chi connectivity index (χ2n) is 6.37. The van der Waals surface area contributed by atoms with Gasteiger partial charge in [0.15, 0.2) is 16.6 Å². The van der Waals surface area contributed by atoms with E-state index in [4.69, 9.17) is 4.74 Å². The third-order valence-electron chi connectivity index (χ3n) is 4.59. The molecule has 27 heavy (non-hydrogen) atoms. The quantitative estimate of drug-likeness (QED) is 0.789. The third-order valence-corrected chi connectivity index (χ3v) is 5.53. The van der Waals surface area contributed by atoms with Gasteiger partial charge in [0, 0.05) is 19.2 Å². The number of aromatic nitrogens is 1. The lowest BCUT2D eigenvalue weighted by molar-refractivity contribution is -0.286. The molecule has 1 amide bonds. The lowest BCUT2D eigenvalue weighted by atomic mass is 9.79. The number of nitrogens with zero attached hydrogens (tertiary/aromatic N) is 1. The molecule has 1 aromatic heterocycles. The summed E-state index contributed by atoms with van der Waals surface area (Å²) in [6.07, 6.45) is -2.32. The number of piperidine rings is 1. The van der Waals surface area contributed by atoms with Crippen molar-refractivity contribution in [1.29, 1.82) is 0 Å². The SMILES string of the molecule is COCC1(C(=O)Nc2nc3cc4c(cc3s2)OC(F)(F)O4)CCNCC1.Cl. The van der Waals surface area contributed by atoms with Gasteiger partial charge in [-0.3, -0.25) is 4.79 Å². The number of alkyl halides is 2. The molecule has 1 saturated heterocycles. The monoisotopic (exact) mass is 421 g/mol. The summed E-state index contributed by atoms with van der Waals surface area (Å²) in [5.41, 5.74) is -0.148. The number of halogens is 3. The number of carbonyl (C=O) groups is 1. The van der Waals surface area contributed by atoms with Crippen molar-refractivity contribution in [2.24, 2.45) is 5.41 Å². The summed E-state index contributed by atoms with van der Waals surface area (Å²) in [6, 6.07) is 2.82. The zero-order valence-corrected chi connectivity index (χ0v) is 16.0. The first-order valence-electron chi connectivity index (χ1n) is 8.12. The van der Waals surface area contributed by atoms with Crippen molar-refractivity contribution < 1.29 is 27.8 Å². The number of carbonyl (C=O) groups excluding carboxylic acids is 1. The van der Waals surface area contributed by atoms with Gasteiger partial charge in [0.1, 0.15) is 0 Å². The Labute approximate surface area is 163 Å². The summed E-state index contributed by atoms with van der Waals surface area (Å²) < 4.78 is 41.0. The van der Waals surface area contributed by atoms with Crippen LogP contribution in [0.15, 0.2) is 12.1 Å². The van der Waals surface area contributed by atoms with Crippen molar-refractivity contribution in [3.05, 3.63) is 12.1 Å². The molecule has 0 radical (unpaired) electrons. The number of amides is 1. The van der Waals surface area contributed by atoms with Crippen LogP contribution in [0.4, 0.5) is 13.9 Å². The molecule has 7 nitrogen and oxygen atoms in total. The maximum Gasteiger partial charge on any atom is 0.586 e. The van der Waals surface area contributed by atoms with Crippen LogP contribution in [0.3, 0.4) is 0 Å². The number of rotatable bonds is 4. The normalized spacial score (nSPS) is 19.5. The highest BCUT2D eigenvalue weighted by Crippen LogP contribution is 2.44. The molecule has 0 spiro atoms. The number of fused-ring (bicyclic) bond motifs is 2. The molecule has 0 unspecified atom stereocenters. The third kappa shape index (κ3) is 3.79. The molecular weight excluding hydrogens is 404 g/mol. The van der Waals surface area contributed by atoms with Gasteiger partial charge in [-0.2, -0.15) is 0 Å². The number of hydrogen-bond acceptors (Lipinski definition) is 7. The summed E-state index contributed by atoms with van der Waals surface area (Å²) in [5, 5.41) is 6.48. The maximum absolute atomic E-state index is 13.1. The number of nitrogens with one attached hydrogen (secondary N) is 2. The molecule has 0 saturated carbocycles. The van der Waals surface area contributed by atoms with Crippen molar-refractivity contribution in [3.8, 4) is 11.5 Å². The Balaban J connectivity index is 0.00000210. The van der Waals surface area contributed by atoms with Crippen molar-refractivity contribution in [2.75, 3.05) is 32.1 Å². The van der Waals surface area contributed by atoms with E-state index in [9.17, 15) is 13.6 Å². The minimum absolute atomic E-state index is 0. The number of hydrogen-bond donors (Lipinski definition) is 2. The molecule has 2 aliphatic heterocycles. The van der Waals surface area contributed by atoms with E-state index in [1.54, 1.807) is 7.11 Å². The van der Waals surface area contributed by atoms with Gasteiger partial charge in [-0.25, -0.2) is 4.98 Å². The van der Waals surface area contributed by atoms with Gasteiger partial charge in [-0.15, -0.1) is 21.2 Å². The molecule has 148 valence electrons. The number of benzene rings is 1. The Hall–Kier alpha value is -1.75. The van der Waals surface area contributed by atoms with E-state index in [0.717, 1.165) is 13.1 Å². The number of methoxy groups -OCH3 is 1. The van der Waals surface area contributed by atoms with E-state index < -0.39 is 11.7 Å². The van der Waals surface area contributed by atoms with E-state index in [-0.39, 0.29) is 29.8 Å². The van der Waals surface area contributed by atoms with Gasteiger partial charge < -0.3 is 24.8 Å². The topological polar surface area (TPSA) is 81.7 Å². The summed E-state index contributed by atoms with van der Waals surface area (Å²) >= 11 is 1.19. The van der Waals surface area contributed by atoms with Crippen LogP contribution >= 0.6 is 23.7 Å². The molecular formula is C16H18ClF2N3O4S. The molecule has 1 fully saturated rings. The number of anilines is 1. The van der Waals surface area contributed by atoms with Gasteiger partial charge in [-0.1, -0.05) is 11.3 Å². The second-order valence-corrected chi connectivity index (χ2v) is 7.40. The van der Waals surface area contributed by atoms with E-state index in [1.807, 2.05) is 0 Å². The average Bonchev–Trinajstić information content (AvgIpc) is 3.10. The molecule has 4 rings (SSSR count). The van der Waals surface area contributed by atoms with Crippen molar-refractivity contribution in [1.82, 2.24) is 10.3 Å². The lowest BCUT2D eigenvalue weighted by Gasteiger charge is -2.35. The first-order valence-corrected chi connectivity index (χ1v) is 8.94. The molecule has 1 aromatic carbocycles. The van der Waals surface area contributed by atoms with Crippen LogP contribution < -0.4 is 20.1 Å². The van der Waals surface area contributed by atoms with E-state index in [0.29, 0.717) is 34.8 Å². The smallest absolute Gasteiger partial charge is 0.395 e. The van der Waals surface area contributed by atoms with Crippen LogP contribution in [0.2, 0.25) is 0 Å². The largest absolute Gasteiger partial charge is 0.586 e. The second kappa shape index (κ2) is 7.34. The highest BCUT2D eigenvalue weighted by Gasteiger charge is 2.44. The molecule has 11 heteroatoms. The Morgan fingerprint density at radius 2 is 2.00 bits per heavy atom. The van der Waals surface area contributed by atoms with Crippen LogP contribution in [0.1, 0.15) is 12.8 Å². The van der Waals surface area contributed by atoms with Crippen molar-refractivity contribution in [2.45, 2.75) is 19.1 Å². The van der Waals surface area contributed by atoms with E-state index in [1.165, 1.54) is 23.5 Å². The van der Waals surface area contributed by atoms with Crippen LogP contribution in [0, 0.1) is 5.41 Å². The number of thiazole rings is 1. The minimum atomic E-state index is -3.66. The summed E-state index contributed by atoms with van der Waals surface area (Å²) in [6.45, 7) is 1.81. The summed E-state index contributed by atoms with van der Waals surface area (Å²) in [5.74, 6) is -0.260. The van der Waals surface area contributed by atoms with Crippen LogP contribution in [0.25, 0.3) is 10.2 Å². The number of ether oxygens (including phenoxy) is 3. The molecule has 0 atom stereocenters. The summed E-state index contributed by atoms with van der Waals surface area (Å²) in [7, 11) is 1.58. The fourth-order valence-electron chi connectivity index (χ4n) is 3.27. The summed E-state index contributed by atoms with van der Waals surface area (Å²) in [4.78, 5) is 17.2. The highest BCUT2D eigenvalue weighted by atomic mass is 35.5. The Morgan fingerprint density at radius 1 is 1.33 bits per heavy atom.